The van der Waals surface area contributed by atoms with Crippen molar-refractivity contribution in [2.24, 2.45) is 0 Å². The monoisotopic (exact) mass is 383 g/mol. The Hall–Kier alpha value is -2.00. The molecule has 0 radical (unpaired) electrons. The topological polar surface area (TPSA) is 88.2 Å². The van der Waals surface area contributed by atoms with Gasteiger partial charge in [-0.15, -0.1) is 0 Å². The molecule has 0 aliphatic heterocycles. The minimum atomic E-state index is -3.88. The third kappa shape index (κ3) is 4.16. The molecule has 2 aromatic rings. The lowest BCUT2D eigenvalue weighted by atomic mass is 10.2. The molecular formula is C16H18FN3O3S2. The molecule has 0 unspecified atom stereocenters. The maximum atomic E-state index is 12.9. The van der Waals surface area contributed by atoms with Gasteiger partial charge in [0, 0.05) is 6.04 Å². The van der Waals surface area contributed by atoms with Gasteiger partial charge in [-0.3, -0.25) is 9.52 Å². The van der Waals surface area contributed by atoms with Crippen LogP contribution in [0.3, 0.4) is 0 Å². The molecule has 6 nitrogen and oxygen atoms in total. The summed E-state index contributed by atoms with van der Waals surface area (Å²) < 4.78 is 39.9. The first-order valence-electron chi connectivity index (χ1n) is 7.92. The first-order chi connectivity index (χ1) is 11.8. The zero-order valence-electron chi connectivity index (χ0n) is 13.6. The first-order valence-corrected chi connectivity index (χ1v) is 10.2. The van der Waals surface area contributed by atoms with Crippen LogP contribution in [0.1, 0.15) is 41.0 Å². The van der Waals surface area contributed by atoms with Crippen molar-refractivity contribution in [1.82, 2.24) is 10.3 Å². The van der Waals surface area contributed by atoms with E-state index in [0.717, 1.165) is 49.2 Å². The van der Waals surface area contributed by atoms with E-state index >= 15 is 0 Å². The molecule has 1 saturated carbocycles. The molecule has 1 heterocycles. The predicted molar refractivity (Wildman–Crippen MR) is 93.8 cm³/mol. The molecule has 1 aromatic heterocycles. The Labute approximate surface area is 149 Å². The van der Waals surface area contributed by atoms with E-state index in [1.54, 1.807) is 6.92 Å². The van der Waals surface area contributed by atoms with Crippen molar-refractivity contribution in [2.45, 2.75) is 43.5 Å². The van der Waals surface area contributed by atoms with Crippen LogP contribution in [0.4, 0.5) is 9.52 Å². The molecular weight excluding hydrogens is 365 g/mol. The first kappa shape index (κ1) is 17.8. The van der Waals surface area contributed by atoms with Crippen LogP contribution in [-0.4, -0.2) is 25.4 Å². The maximum absolute atomic E-state index is 12.9. The van der Waals surface area contributed by atoms with Gasteiger partial charge in [0.05, 0.1) is 10.6 Å². The highest BCUT2D eigenvalue weighted by atomic mass is 32.2. The fourth-order valence-corrected chi connectivity index (χ4v) is 4.86. The molecule has 1 amide bonds. The number of hydrogen-bond acceptors (Lipinski definition) is 5. The van der Waals surface area contributed by atoms with Crippen LogP contribution in [0.25, 0.3) is 0 Å². The fraction of sp³-hybridized carbons (Fsp3) is 0.375. The molecule has 1 aliphatic rings. The van der Waals surface area contributed by atoms with E-state index in [4.69, 9.17) is 0 Å². The Balaban J connectivity index is 1.75. The third-order valence-corrected chi connectivity index (χ3v) is 6.59. The van der Waals surface area contributed by atoms with E-state index in [2.05, 4.69) is 15.0 Å². The molecule has 3 rings (SSSR count). The molecule has 1 aliphatic carbocycles. The van der Waals surface area contributed by atoms with Crippen molar-refractivity contribution in [1.29, 1.82) is 0 Å². The molecule has 9 heteroatoms. The average Bonchev–Trinajstić information content (AvgIpc) is 3.17. The van der Waals surface area contributed by atoms with Gasteiger partial charge in [0.2, 0.25) is 0 Å². The second-order valence-electron chi connectivity index (χ2n) is 5.95. The van der Waals surface area contributed by atoms with Gasteiger partial charge < -0.3 is 5.32 Å². The molecule has 0 saturated heterocycles. The van der Waals surface area contributed by atoms with Gasteiger partial charge in [-0.1, -0.05) is 24.2 Å². The number of carbonyl (C=O) groups excluding carboxylic acids is 1. The summed E-state index contributed by atoms with van der Waals surface area (Å²) in [6.45, 7) is 1.66. The summed E-state index contributed by atoms with van der Waals surface area (Å²) in [5.74, 6) is -0.746. The highest BCUT2D eigenvalue weighted by molar-refractivity contribution is 7.93. The summed E-state index contributed by atoms with van der Waals surface area (Å²) in [6, 6.07) is 4.66. The van der Waals surface area contributed by atoms with E-state index < -0.39 is 15.8 Å². The highest BCUT2D eigenvalue weighted by Gasteiger charge is 2.23. The summed E-state index contributed by atoms with van der Waals surface area (Å²) in [6.07, 6.45) is 4.14. The SMILES string of the molecule is Cc1nc(NS(=O)(=O)c2ccc(F)cc2)sc1C(=O)NC1CCCC1. The Kier molecular flexibility index (Phi) is 5.05. The Morgan fingerprint density at radius 3 is 2.52 bits per heavy atom. The number of aryl methyl sites for hydroxylation is 1. The van der Waals surface area contributed by atoms with Crippen LogP contribution in [-0.2, 0) is 10.0 Å². The Morgan fingerprint density at radius 1 is 1.24 bits per heavy atom. The van der Waals surface area contributed by atoms with Gasteiger partial charge in [-0.25, -0.2) is 17.8 Å². The largest absolute Gasteiger partial charge is 0.349 e. The summed E-state index contributed by atoms with van der Waals surface area (Å²) in [4.78, 5) is 16.8. The lowest BCUT2D eigenvalue weighted by Gasteiger charge is -2.10. The molecule has 134 valence electrons. The van der Waals surface area contributed by atoms with Crippen molar-refractivity contribution in [3.05, 3.63) is 40.7 Å². The second kappa shape index (κ2) is 7.09. The number of halogens is 1. The number of aromatic nitrogens is 1. The van der Waals surface area contributed by atoms with Crippen LogP contribution in [0.2, 0.25) is 0 Å². The summed E-state index contributed by atoms with van der Waals surface area (Å²) in [5.41, 5.74) is 0.470. The number of anilines is 1. The van der Waals surface area contributed by atoms with Gasteiger partial charge in [0.15, 0.2) is 5.13 Å². The summed E-state index contributed by atoms with van der Waals surface area (Å²) in [5, 5.41) is 3.07. The number of carbonyl (C=O) groups is 1. The van der Waals surface area contributed by atoms with Crippen molar-refractivity contribution in [3.63, 3.8) is 0 Å². The van der Waals surface area contributed by atoms with Crippen LogP contribution in [0.15, 0.2) is 29.2 Å². The number of thiazole rings is 1. The van der Waals surface area contributed by atoms with Crippen molar-refractivity contribution in [3.8, 4) is 0 Å². The van der Waals surface area contributed by atoms with E-state index in [0.29, 0.717) is 10.6 Å². The lowest BCUT2D eigenvalue weighted by molar-refractivity contribution is 0.0941. The lowest BCUT2D eigenvalue weighted by Crippen LogP contribution is -2.32. The zero-order valence-corrected chi connectivity index (χ0v) is 15.2. The summed E-state index contributed by atoms with van der Waals surface area (Å²) in [7, 11) is -3.88. The standard InChI is InChI=1S/C16H18FN3O3S2/c1-10-14(15(21)19-12-4-2-3-5-12)24-16(18-10)20-25(22,23)13-8-6-11(17)7-9-13/h6-9,12H,2-5H2,1H3,(H,18,20)(H,19,21). The number of nitrogens with zero attached hydrogens (tertiary/aromatic N) is 1. The number of hydrogen-bond donors (Lipinski definition) is 2. The van der Waals surface area contributed by atoms with Crippen LogP contribution >= 0.6 is 11.3 Å². The van der Waals surface area contributed by atoms with E-state index in [1.807, 2.05) is 0 Å². The van der Waals surface area contributed by atoms with E-state index in [1.165, 1.54) is 12.1 Å². The van der Waals surface area contributed by atoms with Crippen LogP contribution in [0.5, 0.6) is 0 Å². The molecule has 0 atom stereocenters. The average molecular weight is 383 g/mol. The fourth-order valence-electron chi connectivity index (χ4n) is 2.76. The van der Waals surface area contributed by atoms with E-state index in [9.17, 15) is 17.6 Å². The predicted octanol–water partition coefficient (Wildman–Crippen LogP) is 3.06. The number of nitrogens with one attached hydrogen (secondary N) is 2. The maximum Gasteiger partial charge on any atom is 0.263 e. The van der Waals surface area contributed by atoms with Gasteiger partial charge in [0.25, 0.3) is 15.9 Å². The molecule has 0 spiro atoms. The minimum absolute atomic E-state index is 0.0706. The van der Waals surface area contributed by atoms with Gasteiger partial charge >= 0.3 is 0 Å². The van der Waals surface area contributed by atoms with Gasteiger partial charge in [-0.05, 0) is 44.0 Å². The number of benzene rings is 1. The van der Waals surface area contributed by atoms with Gasteiger partial charge in [0.1, 0.15) is 10.7 Å². The molecule has 2 N–H and O–H groups in total. The summed E-state index contributed by atoms with van der Waals surface area (Å²) >= 11 is 0.988. The Morgan fingerprint density at radius 2 is 1.88 bits per heavy atom. The van der Waals surface area contributed by atoms with Gasteiger partial charge in [-0.2, -0.15) is 0 Å². The minimum Gasteiger partial charge on any atom is -0.349 e. The molecule has 1 fully saturated rings. The second-order valence-corrected chi connectivity index (χ2v) is 8.63. The normalized spacial score (nSPS) is 15.3. The molecule has 25 heavy (non-hydrogen) atoms. The third-order valence-electron chi connectivity index (χ3n) is 4.04. The number of rotatable bonds is 5. The highest BCUT2D eigenvalue weighted by Crippen LogP contribution is 2.26. The number of sulfonamides is 1. The smallest absolute Gasteiger partial charge is 0.263 e. The molecule has 0 bridgehead atoms. The van der Waals surface area contributed by atoms with Crippen molar-refractivity contribution < 1.29 is 17.6 Å². The molecule has 1 aromatic carbocycles. The number of amides is 1. The van der Waals surface area contributed by atoms with Crippen LogP contribution in [0, 0.1) is 12.7 Å². The van der Waals surface area contributed by atoms with Crippen LogP contribution < -0.4 is 10.0 Å². The van der Waals surface area contributed by atoms with Crippen molar-refractivity contribution >= 4 is 32.4 Å². The van der Waals surface area contributed by atoms with Crippen molar-refractivity contribution in [2.75, 3.05) is 4.72 Å². The Bertz CT molecular complexity index is 873. The zero-order chi connectivity index (χ0) is 18.0. The van der Waals surface area contributed by atoms with E-state index in [-0.39, 0.29) is 22.0 Å². The quantitative estimate of drug-likeness (QED) is 0.831.